The maximum atomic E-state index is 12.0. The van der Waals surface area contributed by atoms with Crippen molar-refractivity contribution < 1.29 is 19.0 Å². The van der Waals surface area contributed by atoms with Gasteiger partial charge >= 0.3 is 5.97 Å². The summed E-state index contributed by atoms with van der Waals surface area (Å²) in [4.78, 5) is 16.6. The molecule has 0 atom stereocenters. The van der Waals surface area contributed by atoms with Gasteiger partial charge in [-0.05, 0) is 43.0 Å². The average molecular weight is 393 g/mol. The Morgan fingerprint density at radius 1 is 0.897 bits per heavy atom. The molecule has 3 aromatic rings. The molecule has 0 radical (unpaired) electrons. The van der Waals surface area contributed by atoms with E-state index >= 15 is 0 Å². The molecule has 0 aliphatic heterocycles. The third kappa shape index (κ3) is 5.86. The number of pyridine rings is 1. The van der Waals surface area contributed by atoms with E-state index in [9.17, 15) is 4.79 Å². The normalized spacial score (nSPS) is 11.0. The van der Waals surface area contributed by atoms with Gasteiger partial charge < -0.3 is 14.2 Å². The van der Waals surface area contributed by atoms with Crippen LogP contribution in [-0.4, -0.2) is 31.3 Å². The largest absolute Gasteiger partial charge is 0.465 e. The number of hydrogen-bond donors (Lipinski definition) is 0. The molecular weight excluding hydrogens is 366 g/mol. The van der Waals surface area contributed by atoms with Crippen LogP contribution in [0.2, 0.25) is 0 Å². The Hall–Kier alpha value is -2.76. The van der Waals surface area contributed by atoms with Crippen molar-refractivity contribution in [3.05, 3.63) is 77.0 Å². The summed E-state index contributed by atoms with van der Waals surface area (Å²) >= 11 is 0. The Morgan fingerprint density at radius 2 is 1.66 bits per heavy atom. The highest BCUT2D eigenvalue weighted by Crippen LogP contribution is 2.17. The van der Waals surface area contributed by atoms with Gasteiger partial charge in [0.2, 0.25) is 0 Å². The molecule has 1 heterocycles. The van der Waals surface area contributed by atoms with Gasteiger partial charge in [0.25, 0.3) is 0 Å². The third-order valence-corrected chi connectivity index (χ3v) is 4.74. The zero-order chi connectivity index (χ0) is 20.5. The Morgan fingerprint density at radius 3 is 2.45 bits per heavy atom. The topological polar surface area (TPSA) is 57.7 Å². The molecule has 0 saturated carbocycles. The molecule has 0 spiro atoms. The lowest BCUT2D eigenvalue weighted by molar-refractivity contribution is 0.0589. The molecule has 0 N–H and O–H groups in total. The Bertz CT molecular complexity index is 955. The number of carbonyl (C=O) groups is 1. The first-order valence-corrected chi connectivity index (χ1v) is 9.86. The van der Waals surface area contributed by atoms with E-state index in [0.29, 0.717) is 32.0 Å². The van der Waals surface area contributed by atoms with Gasteiger partial charge in [-0.15, -0.1) is 0 Å². The number of nitrogens with zero attached hydrogens (tertiary/aromatic N) is 1. The van der Waals surface area contributed by atoms with Crippen LogP contribution in [0.5, 0.6) is 0 Å². The Kier molecular flexibility index (Phi) is 7.73. The summed E-state index contributed by atoms with van der Waals surface area (Å²) in [5.41, 5.74) is 4.28. The van der Waals surface area contributed by atoms with E-state index in [1.165, 1.54) is 7.11 Å². The molecule has 152 valence electrons. The Balaban J connectivity index is 1.34. The first-order valence-electron chi connectivity index (χ1n) is 9.86. The summed E-state index contributed by atoms with van der Waals surface area (Å²) in [5.74, 6) is -0.322. The predicted molar refractivity (Wildman–Crippen MR) is 113 cm³/mol. The maximum absolute atomic E-state index is 12.0. The summed E-state index contributed by atoms with van der Waals surface area (Å²) in [6, 6.07) is 17.9. The van der Waals surface area contributed by atoms with Crippen LogP contribution in [0.15, 0.2) is 54.6 Å². The molecule has 2 aromatic carbocycles. The molecule has 0 aliphatic carbocycles. The van der Waals surface area contributed by atoms with Crippen LogP contribution in [0, 0.1) is 6.92 Å². The van der Waals surface area contributed by atoms with Gasteiger partial charge in [0.05, 0.1) is 37.1 Å². The van der Waals surface area contributed by atoms with E-state index in [1.807, 2.05) is 49.4 Å². The molecule has 5 heteroatoms. The monoisotopic (exact) mass is 393 g/mol. The van der Waals surface area contributed by atoms with Gasteiger partial charge in [-0.3, -0.25) is 4.98 Å². The fraction of sp³-hybridized carbons (Fsp3) is 0.333. The van der Waals surface area contributed by atoms with Crippen LogP contribution in [-0.2, 0) is 27.4 Å². The number of para-hydroxylation sites is 1. The minimum absolute atomic E-state index is 0.322. The smallest absolute Gasteiger partial charge is 0.338 e. The second-order valence-electron chi connectivity index (χ2n) is 6.91. The molecule has 0 aliphatic rings. The van der Waals surface area contributed by atoms with Crippen LogP contribution in [0.4, 0.5) is 0 Å². The van der Waals surface area contributed by atoms with Crippen molar-refractivity contribution >= 4 is 16.9 Å². The molecule has 29 heavy (non-hydrogen) atoms. The molecule has 5 nitrogen and oxygen atoms in total. The summed E-state index contributed by atoms with van der Waals surface area (Å²) in [6.45, 7) is 4.09. The fourth-order valence-electron chi connectivity index (χ4n) is 3.20. The molecular formula is C24H27NO4. The van der Waals surface area contributed by atoms with E-state index < -0.39 is 0 Å². The lowest BCUT2D eigenvalue weighted by atomic mass is 10.0. The summed E-state index contributed by atoms with van der Waals surface area (Å²) in [5, 5.41) is 1.14. The number of aryl methyl sites for hydroxylation is 1. The highest BCUT2D eigenvalue weighted by atomic mass is 16.5. The van der Waals surface area contributed by atoms with Crippen LogP contribution < -0.4 is 0 Å². The van der Waals surface area contributed by atoms with E-state index in [4.69, 9.17) is 14.2 Å². The average Bonchev–Trinajstić information content (AvgIpc) is 2.75. The minimum Gasteiger partial charge on any atom is -0.465 e. The van der Waals surface area contributed by atoms with Gasteiger partial charge in [0.1, 0.15) is 0 Å². The van der Waals surface area contributed by atoms with Gasteiger partial charge in [0.15, 0.2) is 0 Å². The first-order chi connectivity index (χ1) is 14.2. The third-order valence-electron chi connectivity index (χ3n) is 4.74. The van der Waals surface area contributed by atoms with E-state index in [-0.39, 0.29) is 5.97 Å². The van der Waals surface area contributed by atoms with Crippen molar-refractivity contribution in [3.63, 3.8) is 0 Å². The lowest BCUT2D eigenvalue weighted by Gasteiger charge is -2.11. The van der Waals surface area contributed by atoms with Crippen molar-refractivity contribution in [1.82, 2.24) is 4.98 Å². The fourth-order valence-corrected chi connectivity index (χ4v) is 3.20. The summed E-state index contributed by atoms with van der Waals surface area (Å²) in [6.07, 6.45) is 1.80. The molecule has 0 bridgehead atoms. The zero-order valence-corrected chi connectivity index (χ0v) is 17.0. The zero-order valence-electron chi connectivity index (χ0n) is 17.0. The van der Waals surface area contributed by atoms with Gasteiger partial charge in [-0.25, -0.2) is 4.79 Å². The standard InChI is InChI=1S/C24H27NO4/c1-18-8-7-10-20(23(18)24(26)27-2)16-28-14-5-6-15-29-17-21-13-12-19-9-3-4-11-22(19)25-21/h3-4,7-13H,5-6,14-17H2,1-2H3. The molecule has 1 aromatic heterocycles. The SMILES string of the molecule is COC(=O)c1c(C)cccc1COCCCCOCc1ccc2ccccc2n1. The van der Waals surface area contributed by atoms with Crippen molar-refractivity contribution in [2.75, 3.05) is 20.3 Å². The van der Waals surface area contributed by atoms with Crippen LogP contribution in [0.3, 0.4) is 0 Å². The van der Waals surface area contributed by atoms with Crippen molar-refractivity contribution in [3.8, 4) is 0 Å². The van der Waals surface area contributed by atoms with E-state index in [1.54, 1.807) is 0 Å². The number of ether oxygens (including phenoxy) is 3. The molecule has 0 saturated heterocycles. The second-order valence-corrected chi connectivity index (χ2v) is 6.91. The number of methoxy groups -OCH3 is 1. The van der Waals surface area contributed by atoms with Crippen molar-refractivity contribution in [2.45, 2.75) is 33.0 Å². The second kappa shape index (κ2) is 10.7. The highest BCUT2D eigenvalue weighted by molar-refractivity contribution is 5.92. The van der Waals surface area contributed by atoms with E-state index in [0.717, 1.165) is 40.6 Å². The van der Waals surface area contributed by atoms with Gasteiger partial charge in [-0.1, -0.05) is 42.5 Å². The number of unbranched alkanes of at least 4 members (excludes halogenated alkanes) is 1. The Labute approximate surface area is 171 Å². The number of hydrogen-bond acceptors (Lipinski definition) is 5. The number of fused-ring (bicyclic) bond motifs is 1. The van der Waals surface area contributed by atoms with Crippen LogP contribution in [0.1, 0.15) is 40.0 Å². The van der Waals surface area contributed by atoms with E-state index in [2.05, 4.69) is 17.1 Å². The summed E-state index contributed by atoms with van der Waals surface area (Å²) < 4.78 is 16.4. The molecule has 3 rings (SSSR count). The molecule has 0 fully saturated rings. The number of esters is 1. The molecule has 0 unspecified atom stereocenters. The van der Waals surface area contributed by atoms with Gasteiger partial charge in [0, 0.05) is 18.6 Å². The first kappa shape index (κ1) is 21.0. The van der Waals surface area contributed by atoms with Gasteiger partial charge in [-0.2, -0.15) is 0 Å². The number of benzene rings is 2. The number of rotatable bonds is 10. The molecule has 0 amide bonds. The van der Waals surface area contributed by atoms with Crippen molar-refractivity contribution in [1.29, 1.82) is 0 Å². The quantitative estimate of drug-likeness (QED) is 0.364. The van der Waals surface area contributed by atoms with Crippen LogP contribution >= 0.6 is 0 Å². The van der Waals surface area contributed by atoms with Crippen molar-refractivity contribution in [2.24, 2.45) is 0 Å². The maximum Gasteiger partial charge on any atom is 0.338 e. The summed E-state index contributed by atoms with van der Waals surface area (Å²) in [7, 11) is 1.40. The number of carbonyl (C=O) groups excluding carboxylic acids is 1. The van der Waals surface area contributed by atoms with Crippen LogP contribution in [0.25, 0.3) is 10.9 Å². The lowest BCUT2D eigenvalue weighted by Crippen LogP contribution is -2.09. The minimum atomic E-state index is -0.322. The predicted octanol–water partition coefficient (Wildman–Crippen LogP) is 4.84. The highest BCUT2D eigenvalue weighted by Gasteiger charge is 2.14. The number of aromatic nitrogens is 1.